The van der Waals surface area contributed by atoms with Crippen LogP contribution in [0.2, 0.25) is 0 Å². The van der Waals surface area contributed by atoms with Gasteiger partial charge in [-0.05, 0) is 64.2 Å². The minimum absolute atomic E-state index is 0.00741. The molecular weight excluding hydrogens is 584 g/mol. The van der Waals surface area contributed by atoms with Crippen LogP contribution in [0.1, 0.15) is 67.0 Å². The Morgan fingerprint density at radius 1 is 0.851 bits per heavy atom. The molecule has 0 radical (unpaired) electrons. The number of hydrogen-bond acceptors (Lipinski definition) is 5. The van der Waals surface area contributed by atoms with Crippen molar-refractivity contribution in [1.82, 2.24) is 10.2 Å². The summed E-state index contributed by atoms with van der Waals surface area (Å²) in [6, 6.07) is 39.9. The summed E-state index contributed by atoms with van der Waals surface area (Å²) >= 11 is 0. The van der Waals surface area contributed by atoms with Crippen LogP contribution in [0, 0.1) is 5.92 Å². The van der Waals surface area contributed by atoms with Gasteiger partial charge in [0.05, 0.1) is 18.8 Å². The standard InChI is InChI=1S/C41H44N2O4/c1-27-39(25-43(4)28(2)35-22-17-31-9-5-6-10-36(31)23-35)46-41(47-40(27)33-15-13-30(26-44)14-16-33)34-20-18-32(19-21-34)38-12-8-7-11-37(38)24-42-29(3)45/h5-23,27-28,39-41,44H,24-26H2,1-4H3,(H,42,45). The van der Waals surface area contributed by atoms with E-state index in [1.165, 1.54) is 23.3 Å². The summed E-state index contributed by atoms with van der Waals surface area (Å²) in [6.07, 6.45) is -0.831. The SMILES string of the molecule is CC(=O)NCc1ccccc1-c1ccc(C2OC(CN(C)C(C)c3ccc4ccccc4c3)C(C)C(c3ccc(CO)cc3)O2)cc1. The van der Waals surface area contributed by atoms with E-state index in [1.54, 1.807) is 0 Å². The van der Waals surface area contributed by atoms with Crippen molar-refractivity contribution in [2.24, 2.45) is 5.92 Å². The summed E-state index contributed by atoms with van der Waals surface area (Å²) < 4.78 is 13.5. The summed E-state index contributed by atoms with van der Waals surface area (Å²) in [6.45, 7) is 7.20. The lowest BCUT2D eigenvalue weighted by Crippen LogP contribution is -2.44. The summed E-state index contributed by atoms with van der Waals surface area (Å²) in [7, 11) is 2.17. The van der Waals surface area contributed by atoms with E-state index in [0.29, 0.717) is 6.54 Å². The molecule has 6 nitrogen and oxygen atoms in total. The van der Waals surface area contributed by atoms with Gasteiger partial charge in [-0.1, -0.05) is 116 Å². The minimum Gasteiger partial charge on any atom is -0.392 e. The smallest absolute Gasteiger partial charge is 0.217 e. The first-order valence-corrected chi connectivity index (χ1v) is 16.4. The summed E-state index contributed by atoms with van der Waals surface area (Å²) in [5, 5.41) is 15.0. The van der Waals surface area contributed by atoms with E-state index in [0.717, 1.165) is 39.9 Å². The van der Waals surface area contributed by atoms with Crippen LogP contribution in [-0.2, 0) is 27.4 Å². The molecule has 6 rings (SSSR count). The molecule has 1 fully saturated rings. The molecule has 47 heavy (non-hydrogen) atoms. The van der Waals surface area contributed by atoms with Crippen LogP contribution in [0.15, 0.2) is 115 Å². The van der Waals surface area contributed by atoms with E-state index >= 15 is 0 Å². The molecule has 2 N–H and O–H groups in total. The van der Waals surface area contributed by atoms with E-state index in [1.807, 2.05) is 30.3 Å². The van der Waals surface area contributed by atoms with E-state index in [9.17, 15) is 9.90 Å². The maximum Gasteiger partial charge on any atom is 0.217 e. The molecule has 0 aliphatic carbocycles. The van der Waals surface area contributed by atoms with Gasteiger partial charge in [0.25, 0.3) is 0 Å². The van der Waals surface area contributed by atoms with Gasteiger partial charge < -0.3 is 19.9 Å². The van der Waals surface area contributed by atoms with Gasteiger partial charge in [0, 0.05) is 37.5 Å². The van der Waals surface area contributed by atoms with Gasteiger partial charge in [0.1, 0.15) is 0 Å². The number of amides is 1. The third kappa shape index (κ3) is 7.47. The maximum absolute atomic E-state index is 11.6. The number of ether oxygens (including phenoxy) is 2. The number of aliphatic hydroxyl groups is 1. The second kappa shape index (κ2) is 14.6. The number of aliphatic hydroxyl groups excluding tert-OH is 1. The van der Waals surface area contributed by atoms with Crippen molar-refractivity contribution in [3.05, 3.63) is 143 Å². The number of fused-ring (bicyclic) bond motifs is 1. The predicted molar refractivity (Wildman–Crippen MR) is 187 cm³/mol. The van der Waals surface area contributed by atoms with Gasteiger partial charge in [-0.15, -0.1) is 0 Å². The molecule has 1 heterocycles. The highest BCUT2D eigenvalue weighted by molar-refractivity contribution is 5.83. The van der Waals surface area contributed by atoms with Crippen molar-refractivity contribution < 1.29 is 19.4 Å². The van der Waals surface area contributed by atoms with Gasteiger partial charge in [-0.3, -0.25) is 9.69 Å². The van der Waals surface area contributed by atoms with E-state index in [-0.39, 0.29) is 36.7 Å². The van der Waals surface area contributed by atoms with Crippen LogP contribution >= 0.6 is 0 Å². The number of nitrogens with zero attached hydrogens (tertiary/aromatic N) is 1. The lowest BCUT2D eigenvalue weighted by molar-refractivity contribution is -0.276. The van der Waals surface area contributed by atoms with Crippen molar-refractivity contribution >= 4 is 16.7 Å². The van der Waals surface area contributed by atoms with Crippen LogP contribution in [0.5, 0.6) is 0 Å². The molecule has 1 aliphatic rings. The van der Waals surface area contributed by atoms with Crippen LogP contribution < -0.4 is 5.32 Å². The molecule has 1 aliphatic heterocycles. The number of likely N-dealkylation sites (N-methyl/N-ethyl adjacent to an activating group) is 1. The van der Waals surface area contributed by atoms with E-state index in [4.69, 9.17) is 9.47 Å². The Balaban J connectivity index is 1.25. The Bertz CT molecular complexity index is 1800. The van der Waals surface area contributed by atoms with Crippen LogP contribution in [-0.4, -0.2) is 35.6 Å². The number of carbonyl (C=O) groups excluding carboxylic acids is 1. The van der Waals surface area contributed by atoms with Gasteiger partial charge in [-0.25, -0.2) is 0 Å². The molecule has 6 heteroatoms. The van der Waals surface area contributed by atoms with Crippen LogP contribution in [0.4, 0.5) is 0 Å². The zero-order valence-corrected chi connectivity index (χ0v) is 27.6. The zero-order chi connectivity index (χ0) is 32.9. The molecule has 0 saturated carbocycles. The van der Waals surface area contributed by atoms with E-state index < -0.39 is 6.29 Å². The van der Waals surface area contributed by atoms with Gasteiger partial charge in [-0.2, -0.15) is 0 Å². The Morgan fingerprint density at radius 3 is 2.26 bits per heavy atom. The van der Waals surface area contributed by atoms with Crippen molar-refractivity contribution in [3.8, 4) is 11.1 Å². The van der Waals surface area contributed by atoms with Crippen molar-refractivity contribution in [2.75, 3.05) is 13.6 Å². The Hall–Kier alpha value is -4.33. The van der Waals surface area contributed by atoms with Gasteiger partial charge in [0.15, 0.2) is 6.29 Å². The van der Waals surface area contributed by atoms with Gasteiger partial charge >= 0.3 is 0 Å². The van der Waals surface area contributed by atoms with E-state index in [2.05, 4.69) is 116 Å². The zero-order valence-electron chi connectivity index (χ0n) is 27.6. The first kappa shape index (κ1) is 32.6. The molecule has 1 amide bonds. The van der Waals surface area contributed by atoms with Gasteiger partial charge in [0.2, 0.25) is 5.91 Å². The molecule has 5 aromatic carbocycles. The molecule has 242 valence electrons. The van der Waals surface area contributed by atoms with Crippen molar-refractivity contribution in [2.45, 2.75) is 58.5 Å². The second-order valence-electron chi connectivity index (χ2n) is 12.7. The lowest BCUT2D eigenvalue weighted by Gasteiger charge is -2.43. The number of benzene rings is 5. The lowest BCUT2D eigenvalue weighted by atomic mass is 9.89. The number of nitrogens with one attached hydrogen (secondary N) is 1. The van der Waals surface area contributed by atoms with Crippen molar-refractivity contribution in [1.29, 1.82) is 0 Å². The normalized spacial score (nSPS) is 20.3. The monoisotopic (exact) mass is 628 g/mol. The molecule has 0 bridgehead atoms. The molecule has 5 unspecified atom stereocenters. The highest BCUT2D eigenvalue weighted by Crippen LogP contribution is 2.42. The fraction of sp³-hybridized carbons (Fsp3) is 0.293. The molecule has 0 spiro atoms. The minimum atomic E-state index is -0.549. The fourth-order valence-corrected chi connectivity index (χ4v) is 6.49. The first-order valence-electron chi connectivity index (χ1n) is 16.4. The number of rotatable bonds is 10. The van der Waals surface area contributed by atoms with Crippen molar-refractivity contribution in [3.63, 3.8) is 0 Å². The first-order chi connectivity index (χ1) is 22.8. The Morgan fingerprint density at radius 2 is 1.53 bits per heavy atom. The molecule has 1 saturated heterocycles. The molecule has 5 atom stereocenters. The molecular formula is C41H44N2O4. The summed E-state index contributed by atoms with van der Waals surface area (Å²) in [4.78, 5) is 13.9. The predicted octanol–water partition coefficient (Wildman–Crippen LogP) is 8.12. The Kier molecular flexibility index (Phi) is 10.1. The number of carbonyl (C=O) groups is 1. The largest absolute Gasteiger partial charge is 0.392 e. The maximum atomic E-state index is 11.6. The second-order valence-corrected chi connectivity index (χ2v) is 12.7. The molecule has 0 aromatic heterocycles. The number of hydrogen-bond donors (Lipinski definition) is 2. The van der Waals surface area contributed by atoms with Crippen LogP contribution in [0.25, 0.3) is 21.9 Å². The summed E-state index contributed by atoms with van der Waals surface area (Å²) in [5.74, 6) is 0.0285. The Labute approximate surface area is 278 Å². The molecule has 5 aromatic rings. The average Bonchev–Trinajstić information content (AvgIpc) is 3.11. The van der Waals surface area contributed by atoms with Crippen LogP contribution in [0.3, 0.4) is 0 Å². The topological polar surface area (TPSA) is 71.0 Å². The fourth-order valence-electron chi connectivity index (χ4n) is 6.49. The third-order valence-corrected chi connectivity index (χ3v) is 9.55. The quantitative estimate of drug-likeness (QED) is 0.164. The summed E-state index contributed by atoms with van der Waals surface area (Å²) in [5.41, 5.74) is 7.37. The highest BCUT2D eigenvalue weighted by Gasteiger charge is 2.39. The third-order valence-electron chi connectivity index (χ3n) is 9.55. The average molecular weight is 629 g/mol. The highest BCUT2D eigenvalue weighted by atomic mass is 16.7.